The van der Waals surface area contributed by atoms with Crippen LogP contribution in [0.1, 0.15) is 42.4 Å². The highest BCUT2D eigenvalue weighted by Gasteiger charge is 2.15. The number of thiazole rings is 1. The van der Waals surface area contributed by atoms with E-state index in [4.69, 9.17) is 4.74 Å². The van der Waals surface area contributed by atoms with E-state index < -0.39 is 5.97 Å². The summed E-state index contributed by atoms with van der Waals surface area (Å²) in [6.45, 7) is 6.87. The van der Waals surface area contributed by atoms with Gasteiger partial charge in [-0.15, -0.1) is 11.3 Å². The Balaban J connectivity index is 1.54. The first kappa shape index (κ1) is 21.9. The van der Waals surface area contributed by atoms with Crippen LogP contribution in [0, 0.1) is 0 Å². The van der Waals surface area contributed by atoms with Gasteiger partial charge >= 0.3 is 12.0 Å². The van der Waals surface area contributed by atoms with Crippen LogP contribution in [-0.2, 0) is 12.0 Å². The number of nitrogens with zero attached hydrogens (tertiary/aromatic N) is 2. The van der Waals surface area contributed by atoms with Gasteiger partial charge in [0.2, 0.25) is 0 Å². The fourth-order valence-corrected chi connectivity index (χ4v) is 3.35. The minimum Gasteiger partial charge on any atom is -0.422 e. The van der Waals surface area contributed by atoms with Crippen molar-refractivity contribution < 1.29 is 14.3 Å². The Morgan fingerprint density at radius 3 is 2.33 bits per heavy atom. The van der Waals surface area contributed by atoms with Crippen LogP contribution in [0.3, 0.4) is 0 Å². The number of esters is 1. The molecular weight excluding hydrogens is 418 g/mol. The van der Waals surface area contributed by atoms with Crippen LogP contribution in [0.25, 0.3) is 0 Å². The Hall–Kier alpha value is -2.84. The van der Waals surface area contributed by atoms with Gasteiger partial charge in [0.15, 0.2) is 5.69 Å². The molecule has 30 heavy (non-hydrogen) atoms. The van der Waals surface area contributed by atoms with Gasteiger partial charge in [-0.25, -0.2) is 18.9 Å². The van der Waals surface area contributed by atoms with Crippen molar-refractivity contribution in [1.29, 1.82) is 0 Å². The van der Waals surface area contributed by atoms with Gasteiger partial charge in [-0.1, -0.05) is 57.9 Å². The van der Waals surface area contributed by atoms with Crippen molar-refractivity contribution in [3.05, 3.63) is 76.2 Å². The Morgan fingerprint density at radius 2 is 1.77 bits per heavy atom. The lowest BCUT2D eigenvalue weighted by Crippen LogP contribution is -2.33. The first-order valence-corrected chi connectivity index (χ1v) is 10.6. The smallest absolute Gasteiger partial charge is 0.363 e. The average Bonchev–Trinajstić information content (AvgIpc) is 3.27. The van der Waals surface area contributed by atoms with E-state index in [-0.39, 0.29) is 17.1 Å². The molecule has 0 atom stereocenters. The van der Waals surface area contributed by atoms with Gasteiger partial charge in [-0.2, -0.15) is 0 Å². The van der Waals surface area contributed by atoms with Crippen LogP contribution >= 0.6 is 24.2 Å². The highest BCUT2D eigenvalue weighted by molar-refractivity contribution is 7.82. The zero-order valence-electron chi connectivity index (χ0n) is 17.0. The highest BCUT2D eigenvalue weighted by atomic mass is 32.1. The number of thiol groups is 1. The minimum atomic E-state index is -0.526. The minimum absolute atomic E-state index is 0.0877. The van der Waals surface area contributed by atoms with Crippen molar-refractivity contribution in [2.45, 2.75) is 32.7 Å². The van der Waals surface area contributed by atoms with Gasteiger partial charge < -0.3 is 10.1 Å². The molecule has 6 nitrogen and oxygen atoms in total. The van der Waals surface area contributed by atoms with E-state index >= 15 is 0 Å². The number of hydrogen-bond acceptors (Lipinski definition) is 6. The molecule has 3 rings (SSSR count). The number of benzene rings is 2. The average molecular weight is 442 g/mol. The van der Waals surface area contributed by atoms with Crippen molar-refractivity contribution in [3.63, 3.8) is 0 Å². The Labute approximate surface area is 185 Å². The second-order valence-corrected chi connectivity index (χ2v) is 8.79. The predicted octanol–water partition coefficient (Wildman–Crippen LogP) is 5.22. The first-order valence-electron chi connectivity index (χ1n) is 9.31. The Morgan fingerprint density at radius 1 is 1.10 bits per heavy atom. The Kier molecular flexibility index (Phi) is 6.79. The number of rotatable bonds is 5. The lowest BCUT2D eigenvalue weighted by molar-refractivity contribution is 0.0729. The molecule has 2 amide bonds. The molecule has 8 heteroatoms. The fourth-order valence-electron chi connectivity index (χ4n) is 2.62. The standard InChI is InChI=1S/C22H23N3O3S2/c1-22(2,3)16-6-4-15(5-7-16)12-23-21(27)25(29)17-8-10-18(11-9-17)28-20(26)19-13-30-14-24-19/h4-11,13-14,29H,12H2,1-3H3,(H,23,27). The molecule has 1 heterocycles. The number of nitrogens with one attached hydrogen (secondary N) is 1. The molecule has 0 aliphatic carbocycles. The molecule has 0 fully saturated rings. The van der Waals surface area contributed by atoms with Crippen molar-refractivity contribution in [2.75, 3.05) is 4.31 Å². The molecule has 0 radical (unpaired) electrons. The lowest BCUT2D eigenvalue weighted by Gasteiger charge is -2.20. The zero-order chi connectivity index (χ0) is 21.7. The van der Waals surface area contributed by atoms with Crippen LogP contribution in [-0.4, -0.2) is 17.0 Å². The molecule has 3 aromatic rings. The maximum atomic E-state index is 12.4. The van der Waals surface area contributed by atoms with Gasteiger partial charge in [0.1, 0.15) is 5.75 Å². The maximum Gasteiger partial charge on any atom is 0.363 e. The molecule has 0 spiro atoms. The molecular formula is C22H23N3O3S2. The number of anilines is 1. The summed E-state index contributed by atoms with van der Waals surface area (Å²) < 4.78 is 6.46. The SMILES string of the molecule is CC(C)(C)c1ccc(CNC(=O)N(S)c2ccc(OC(=O)c3cscn3)cc2)cc1. The summed E-state index contributed by atoms with van der Waals surface area (Å²) in [6.07, 6.45) is 0. The van der Waals surface area contributed by atoms with Gasteiger partial charge in [0, 0.05) is 11.9 Å². The summed E-state index contributed by atoms with van der Waals surface area (Å²) in [6, 6.07) is 14.3. The number of hydrogen-bond donors (Lipinski definition) is 2. The monoisotopic (exact) mass is 441 g/mol. The third kappa shape index (κ3) is 5.61. The van der Waals surface area contributed by atoms with Gasteiger partial charge in [-0.05, 0) is 40.8 Å². The molecule has 1 aromatic heterocycles. The van der Waals surface area contributed by atoms with Crippen LogP contribution in [0.2, 0.25) is 0 Å². The molecule has 0 saturated carbocycles. The molecule has 0 unspecified atom stereocenters. The van der Waals surface area contributed by atoms with Crippen LogP contribution in [0.5, 0.6) is 5.75 Å². The van der Waals surface area contributed by atoms with E-state index in [0.29, 0.717) is 18.0 Å². The summed E-state index contributed by atoms with van der Waals surface area (Å²) in [5.41, 5.74) is 4.70. The first-order chi connectivity index (χ1) is 14.2. The van der Waals surface area contributed by atoms with Gasteiger partial charge in [0.05, 0.1) is 11.2 Å². The van der Waals surface area contributed by atoms with Crippen molar-refractivity contribution >= 4 is 41.8 Å². The molecule has 2 aromatic carbocycles. The summed E-state index contributed by atoms with van der Waals surface area (Å²) in [7, 11) is 0. The van der Waals surface area contributed by atoms with E-state index in [9.17, 15) is 9.59 Å². The number of carbonyl (C=O) groups excluding carboxylic acids is 2. The normalized spacial score (nSPS) is 11.1. The largest absolute Gasteiger partial charge is 0.422 e. The number of aromatic nitrogens is 1. The topological polar surface area (TPSA) is 71.5 Å². The third-order valence-corrected chi connectivity index (χ3v) is 5.39. The van der Waals surface area contributed by atoms with Gasteiger partial charge in [-0.3, -0.25) is 0 Å². The lowest BCUT2D eigenvalue weighted by atomic mass is 9.87. The van der Waals surface area contributed by atoms with E-state index in [1.165, 1.54) is 21.2 Å². The number of amides is 2. The molecule has 0 bridgehead atoms. The quantitative estimate of drug-likeness (QED) is 0.323. The van der Waals surface area contributed by atoms with Crippen molar-refractivity contribution in [2.24, 2.45) is 0 Å². The number of ether oxygens (including phenoxy) is 1. The van der Waals surface area contributed by atoms with Crippen molar-refractivity contribution in [3.8, 4) is 5.75 Å². The highest BCUT2D eigenvalue weighted by Crippen LogP contribution is 2.23. The molecule has 0 saturated heterocycles. The second-order valence-electron chi connectivity index (χ2n) is 7.67. The van der Waals surface area contributed by atoms with Gasteiger partial charge in [0.25, 0.3) is 0 Å². The van der Waals surface area contributed by atoms with E-state index in [0.717, 1.165) is 5.56 Å². The molecule has 1 N–H and O–H groups in total. The third-order valence-electron chi connectivity index (χ3n) is 4.39. The van der Waals surface area contributed by atoms with E-state index in [1.807, 2.05) is 12.1 Å². The molecule has 0 aliphatic heterocycles. The Bertz CT molecular complexity index is 996. The summed E-state index contributed by atoms with van der Waals surface area (Å²) in [4.78, 5) is 28.3. The van der Waals surface area contributed by atoms with E-state index in [1.54, 1.807) is 35.2 Å². The van der Waals surface area contributed by atoms with Crippen LogP contribution in [0.15, 0.2) is 59.4 Å². The zero-order valence-corrected chi connectivity index (χ0v) is 18.7. The maximum absolute atomic E-state index is 12.4. The van der Waals surface area contributed by atoms with Crippen molar-refractivity contribution in [1.82, 2.24) is 10.3 Å². The van der Waals surface area contributed by atoms with Crippen LogP contribution in [0.4, 0.5) is 10.5 Å². The van der Waals surface area contributed by atoms with Crippen LogP contribution < -0.4 is 14.4 Å². The number of carbonyl (C=O) groups is 2. The predicted molar refractivity (Wildman–Crippen MR) is 122 cm³/mol. The summed E-state index contributed by atoms with van der Waals surface area (Å²) >= 11 is 5.59. The summed E-state index contributed by atoms with van der Waals surface area (Å²) in [5.74, 6) is -0.167. The molecule has 0 aliphatic rings. The molecule has 156 valence electrons. The second kappa shape index (κ2) is 9.32. The summed E-state index contributed by atoms with van der Waals surface area (Å²) in [5, 5.41) is 4.46. The fraction of sp³-hybridized carbons (Fsp3) is 0.227. The van der Waals surface area contributed by atoms with E-state index in [2.05, 4.69) is 56.0 Å². The number of urea groups is 1.